The van der Waals surface area contributed by atoms with Crippen LogP contribution in [0, 0.1) is 0 Å². The van der Waals surface area contributed by atoms with Gasteiger partial charge >= 0.3 is 5.97 Å². The molecule has 0 saturated carbocycles. The third-order valence-electron chi connectivity index (χ3n) is 4.18. The van der Waals surface area contributed by atoms with Crippen LogP contribution in [0.2, 0.25) is 5.02 Å². The molecule has 0 amide bonds. The third kappa shape index (κ3) is 5.34. The molecule has 8 heteroatoms. The van der Waals surface area contributed by atoms with E-state index in [0.717, 1.165) is 11.1 Å². The highest BCUT2D eigenvalue weighted by Crippen LogP contribution is 2.23. The van der Waals surface area contributed by atoms with Crippen molar-refractivity contribution in [1.29, 1.82) is 0 Å². The summed E-state index contributed by atoms with van der Waals surface area (Å²) >= 11 is 7.25. The van der Waals surface area contributed by atoms with E-state index in [1.807, 2.05) is 59.2 Å². The zero-order valence-electron chi connectivity index (χ0n) is 15.4. The van der Waals surface area contributed by atoms with Crippen LogP contribution in [0.25, 0.3) is 0 Å². The molecule has 1 unspecified atom stereocenters. The molecule has 0 radical (unpaired) electrons. The van der Waals surface area contributed by atoms with Crippen LogP contribution in [0.1, 0.15) is 23.0 Å². The molecule has 3 aromatic rings. The molecule has 0 saturated heterocycles. The minimum Gasteiger partial charge on any atom is -0.468 e. The van der Waals surface area contributed by atoms with Crippen LogP contribution in [-0.2, 0) is 22.5 Å². The number of halogens is 1. The highest BCUT2D eigenvalue weighted by Gasteiger charge is 2.20. The van der Waals surface area contributed by atoms with E-state index in [2.05, 4.69) is 10.2 Å². The number of aromatic nitrogens is 3. The van der Waals surface area contributed by atoms with Gasteiger partial charge in [0.05, 0.1) is 25.4 Å². The second-order valence-electron chi connectivity index (χ2n) is 6.21. The standard InChI is InChI=1S/C20H21ClN4O2S/c1-27-18(26)13-28-20-24-23-19(25(20)12-15-5-3-2-4-6-15)17(22)11-14-7-9-16(21)10-8-14/h2-10,17H,11-13,22H2,1H3. The number of esters is 1. The van der Waals surface area contributed by atoms with Crippen LogP contribution in [0.15, 0.2) is 59.8 Å². The lowest BCUT2D eigenvalue weighted by Gasteiger charge is -2.15. The van der Waals surface area contributed by atoms with E-state index < -0.39 is 0 Å². The smallest absolute Gasteiger partial charge is 0.316 e. The van der Waals surface area contributed by atoms with E-state index >= 15 is 0 Å². The molecule has 146 valence electrons. The summed E-state index contributed by atoms with van der Waals surface area (Å²) in [6.45, 7) is 0.570. The van der Waals surface area contributed by atoms with Gasteiger partial charge in [0.15, 0.2) is 11.0 Å². The highest BCUT2D eigenvalue weighted by atomic mass is 35.5. The molecule has 6 nitrogen and oxygen atoms in total. The summed E-state index contributed by atoms with van der Waals surface area (Å²) in [5.41, 5.74) is 8.62. The Morgan fingerprint density at radius 3 is 2.54 bits per heavy atom. The van der Waals surface area contributed by atoms with Crippen LogP contribution in [0.5, 0.6) is 0 Å². The lowest BCUT2D eigenvalue weighted by molar-refractivity contribution is -0.137. The second kappa shape index (κ2) is 9.73. The van der Waals surface area contributed by atoms with Crippen LogP contribution in [0.3, 0.4) is 0 Å². The molecule has 0 aliphatic rings. The molecule has 0 fully saturated rings. The second-order valence-corrected chi connectivity index (χ2v) is 7.59. The Labute approximate surface area is 173 Å². The van der Waals surface area contributed by atoms with Gasteiger partial charge in [0, 0.05) is 5.02 Å². The SMILES string of the molecule is COC(=O)CSc1nnc(C(N)Cc2ccc(Cl)cc2)n1Cc1ccccc1. The Balaban J connectivity index is 1.84. The van der Waals surface area contributed by atoms with Gasteiger partial charge < -0.3 is 15.0 Å². The van der Waals surface area contributed by atoms with Gasteiger partial charge in [-0.15, -0.1) is 10.2 Å². The molecule has 0 spiro atoms. The summed E-state index contributed by atoms with van der Waals surface area (Å²) in [5.74, 6) is 0.521. The molecule has 1 aromatic heterocycles. The highest BCUT2D eigenvalue weighted by molar-refractivity contribution is 7.99. The van der Waals surface area contributed by atoms with E-state index in [-0.39, 0.29) is 17.8 Å². The quantitative estimate of drug-likeness (QED) is 0.447. The largest absolute Gasteiger partial charge is 0.468 e. The summed E-state index contributed by atoms with van der Waals surface area (Å²) < 4.78 is 6.68. The summed E-state index contributed by atoms with van der Waals surface area (Å²) in [6.07, 6.45) is 0.603. The van der Waals surface area contributed by atoms with Crippen molar-refractivity contribution in [3.8, 4) is 0 Å². The topological polar surface area (TPSA) is 83.0 Å². The molecular formula is C20H21ClN4O2S. The molecule has 0 bridgehead atoms. The fourth-order valence-electron chi connectivity index (χ4n) is 2.74. The number of nitrogens with zero attached hydrogens (tertiary/aromatic N) is 3. The number of carbonyl (C=O) groups is 1. The zero-order valence-corrected chi connectivity index (χ0v) is 17.0. The molecule has 1 atom stereocenters. The van der Waals surface area contributed by atoms with Crippen molar-refractivity contribution < 1.29 is 9.53 Å². The van der Waals surface area contributed by atoms with Crippen LogP contribution >= 0.6 is 23.4 Å². The maximum atomic E-state index is 11.5. The van der Waals surface area contributed by atoms with Crippen molar-refractivity contribution in [2.45, 2.75) is 24.2 Å². The molecule has 2 N–H and O–H groups in total. The van der Waals surface area contributed by atoms with Crippen molar-refractivity contribution in [1.82, 2.24) is 14.8 Å². The van der Waals surface area contributed by atoms with Gasteiger partial charge in [-0.3, -0.25) is 4.79 Å². The molecule has 2 aromatic carbocycles. The molecule has 0 aliphatic carbocycles. The third-order valence-corrected chi connectivity index (χ3v) is 5.37. The van der Waals surface area contributed by atoms with Gasteiger partial charge in [0.2, 0.25) is 0 Å². The molecule has 28 heavy (non-hydrogen) atoms. The van der Waals surface area contributed by atoms with E-state index in [1.165, 1.54) is 18.9 Å². The zero-order chi connectivity index (χ0) is 19.9. The summed E-state index contributed by atoms with van der Waals surface area (Å²) in [5, 5.41) is 9.90. The Morgan fingerprint density at radius 1 is 1.14 bits per heavy atom. The van der Waals surface area contributed by atoms with Crippen LogP contribution < -0.4 is 5.73 Å². The molecular weight excluding hydrogens is 396 g/mol. The Bertz CT molecular complexity index is 916. The maximum Gasteiger partial charge on any atom is 0.316 e. The Hall–Kier alpha value is -2.35. The first-order chi connectivity index (χ1) is 13.6. The van der Waals surface area contributed by atoms with E-state index in [9.17, 15) is 4.79 Å². The van der Waals surface area contributed by atoms with Crippen molar-refractivity contribution in [2.75, 3.05) is 12.9 Å². The lowest BCUT2D eigenvalue weighted by Crippen LogP contribution is -2.20. The van der Waals surface area contributed by atoms with Crippen LogP contribution in [-0.4, -0.2) is 33.6 Å². The van der Waals surface area contributed by atoms with Crippen molar-refractivity contribution in [3.63, 3.8) is 0 Å². The van der Waals surface area contributed by atoms with Crippen molar-refractivity contribution in [3.05, 3.63) is 76.6 Å². The normalized spacial score (nSPS) is 12.0. The molecule has 1 heterocycles. The number of nitrogens with two attached hydrogens (primary N) is 1. The van der Waals surface area contributed by atoms with Crippen molar-refractivity contribution >= 4 is 29.3 Å². The predicted molar refractivity (Wildman–Crippen MR) is 110 cm³/mol. The number of rotatable bonds is 8. The summed E-state index contributed by atoms with van der Waals surface area (Å²) in [7, 11) is 1.37. The fourth-order valence-corrected chi connectivity index (χ4v) is 3.65. The monoisotopic (exact) mass is 416 g/mol. The van der Waals surface area contributed by atoms with E-state index in [0.29, 0.717) is 29.0 Å². The number of benzene rings is 2. The Morgan fingerprint density at radius 2 is 1.86 bits per heavy atom. The van der Waals surface area contributed by atoms with Gasteiger partial charge in [0.1, 0.15) is 0 Å². The maximum absolute atomic E-state index is 11.5. The summed E-state index contributed by atoms with van der Waals surface area (Å²) in [6, 6.07) is 17.2. The first-order valence-corrected chi connectivity index (χ1v) is 10.1. The van der Waals surface area contributed by atoms with Gasteiger partial charge in [-0.2, -0.15) is 0 Å². The first-order valence-electron chi connectivity index (χ1n) is 8.73. The van der Waals surface area contributed by atoms with Gasteiger partial charge in [0.25, 0.3) is 0 Å². The van der Waals surface area contributed by atoms with Gasteiger partial charge in [-0.05, 0) is 29.7 Å². The predicted octanol–water partition coefficient (Wildman–Crippen LogP) is 3.49. The van der Waals surface area contributed by atoms with Gasteiger partial charge in [-0.25, -0.2) is 0 Å². The minimum atomic E-state index is -0.343. The number of hydrogen-bond donors (Lipinski definition) is 1. The van der Waals surface area contributed by atoms with Gasteiger partial charge in [-0.1, -0.05) is 65.8 Å². The lowest BCUT2D eigenvalue weighted by atomic mass is 10.1. The molecule has 3 rings (SSSR count). The van der Waals surface area contributed by atoms with Crippen LogP contribution in [0.4, 0.5) is 0 Å². The minimum absolute atomic E-state index is 0.163. The average Bonchev–Trinajstić information content (AvgIpc) is 3.11. The van der Waals surface area contributed by atoms with E-state index in [4.69, 9.17) is 22.1 Å². The molecule has 0 aliphatic heterocycles. The Kier molecular flexibility index (Phi) is 7.08. The number of hydrogen-bond acceptors (Lipinski definition) is 6. The first kappa shape index (κ1) is 20.4. The number of ether oxygens (including phenoxy) is 1. The van der Waals surface area contributed by atoms with Crippen molar-refractivity contribution in [2.24, 2.45) is 5.73 Å². The number of thioether (sulfide) groups is 1. The number of carbonyl (C=O) groups excluding carboxylic acids is 1. The summed E-state index contributed by atoms with van der Waals surface area (Å²) in [4.78, 5) is 11.5. The average molecular weight is 417 g/mol. The van der Waals surface area contributed by atoms with E-state index in [1.54, 1.807) is 0 Å². The fraction of sp³-hybridized carbons (Fsp3) is 0.250. The number of methoxy groups -OCH3 is 1.